The van der Waals surface area contributed by atoms with Crippen LogP contribution in [0.3, 0.4) is 0 Å². The third-order valence-electron chi connectivity index (χ3n) is 3.09. The molecule has 2 rings (SSSR count). The average molecular weight is 224 g/mol. The van der Waals surface area contributed by atoms with Crippen molar-refractivity contribution in [3.8, 4) is 0 Å². The van der Waals surface area contributed by atoms with Gasteiger partial charge in [0, 0.05) is 13.2 Å². The van der Waals surface area contributed by atoms with Crippen molar-refractivity contribution in [1.29, 1.82) is 0 Å². The number of halogens is 1. The van der Waals surface area contributed by atoms with Crippen molar-refractivity contribution in [3.63, 3.8) is 0 Å². The molecular weight excluding hydrogens is 207 g/mol. The van der Waals surface area contributed by atoms with Gasteiger partial charge in [-0.05, 0) is 37.5 Å². The fourth-order valence-corrected chi connectivity index (χ4v) is 2.16. The first-order valence-electron chi connectivity index (χ1n) is 5.53. The highest BCUT2D eigenvalue weighted by Gasteiger charge is 2.24. The number of nitrogens with two attached hydrogens (primary N) is 1. The number of nitrogens with one attached hydrogen (secondary N) is 1. The maximum atomic E-state index is 13.0. The Balaban J connectivity index is 2.01. The zero-order valence-corrected chi connectivity index (χ0v) is 9.37. The summed E-state index contributed by atoms with van der Waals surface area (Å²) in [5, 5.41) is 3.27. The highest BCUT2D eigenvalue weighted by molar-refractivity contribution is 5.66. The monoisotopic (exact) mass is 224 g/mol. The topological polar surface area (TPSA) is 47.3 Å². The van der Waals surface area contributed by atoms with E-state index < -0.39 is 0 Å². The molecule has 0 saturated heterocycles. The Morgan fingerprint density at radius 3 is 2.94 bits per heavy atom. The van der Waals surface area contributed by atoms with E-state index in [-0.39, 0.29) is 5.82 Å². The molecule has 2 atom stereocenters. The van der Waals surface area contributed by atoms with Gasteiger partial charge in [-0.25, -0.2) is 4.39 Å². The maximum Gasteiger partial charge on any atom is 0.125 e. The molecule has 1 aliphatic carbocycles. The first-order valence-corrected chi connectivity index (χ1v) is 5.53. The summed E-state index contributed by atoms with van der Waals surface area (Å²) in [5.41, 5.74) is 7.04. The average Bonchev–Trinajstić information content (AvgIpc) is 2.71. The van der Waals surface area contributed by atoms with Gasteiger partial charge in [0.05, 0.1) is 17.5 Å². The zero-order valence-electron chi connectivity index (χ0n) is 9.37. The lowest BCUT2D eigenvalue weighted by Gasteiger charge is -2.16. The van der Waals surface area contributed by atoms with Crippen LogP contribution in [-0.4, -0.2) is 19.3 Å². The first-order chi connectivity index (χ1) is 7.69. The van der Waals surface area contributed by atoms with Crippen LogP contribution in [0, 0.1) is 5.82 Å². The Kier molecular flexibility index (Phi) is 3.29. The van der Waals surface area contributed by atoms with Crippen molar-refractivity contribution < 1.29 is 9.13 Å². The summed E-state index contributed by atoms with van der Waals surface area (Å²) < 4.78 is 18.3. The van der Waals surface area contributed by atoms with Crippen LogP contribution in [-0.2, 0) is 4.74 Å². The van der Waals surface area contributed by atoms with Crippen LogP contribution in [0.25, 0.3) is 0 Å². The summed E-state index contributed by atoms with van der Waals surface area (Å²) >= 11 is 0. The minimum atomic E-state index is -0.266. The van der Waals surface area contributed by atoms with Crippen LogP contribution in [0.5, 0.6) is 0 Å². The number of methoxy groups -OCH3 is 1. The van der Waals surface area contributed by atoms with E-state index in [0.717, 1.165) is 19.3 Å². The van der Waals surface area contributed by atoms with Crippen molar-refractivity contribution in [2.45, 2.75) is 31.4 Å². The molecule has 88 valence electrons. The Labute approximate surface area is 94.8 Å². The van der Waals surface area contributed by atoms with Gasteiger partial charge in [0.25, 0.3) is 0 Å². The van der Waals surface area contributed by atoms with Crippen molar-refractivity contribution in [1.82, 2.24) is 0 Å². The fourth-order valence-electron chi connectivity index (χ4n) is 2.16. The van der Waals surface area contributed by atoms with Crippen LogP contribution < -0.4 is 11.1 Å². The molecule has 0 aliphatic heterocycles. The second kappa shape index (κ2) is 4.70. The molecule has 1 aliphatic rings. The molecule has 1 aromatic rings. The summed E-state index contributed by atoms with van der Waals surface area (Å²) in [7, 11) is 1.73. The summed E-state index contributed by atoms with van der Waals surface area (Å²) in [4.78, 5) is 0. The standard InChI is InChI=1S/C12H17FN2O/c1-16-10-4-3-9(7-10)15-12-6-8(13)2-5-11(12)14/h2,5-6,9-10,15H,3-4,7,14H2,1H3. The summed E-state index contributed by atoms with van der Waals surface area (Å²) in [5.74, 6) is -0.266. The maximum absolute atomic E-state index is 13.0. The van der Waals surface area contributed by atoms with E-state index in [1.165, 1.54) is 12.1 Å². The lowest BCUT2D eigenvalue weighted by molar-refractivity contribution is 0.108. The van der Waals surface area contributed by atoms with Crippen LogP contribution in [0.1, 0.15) is 19.3 Å². The number of hydrogen-bond donors (Lipinski definition) is 2. The molecule has 0 amide bonds. The van der Waals surface area contributed by atoms with Crippen molar-refractivity contribution in [2.75, 3.05) is 18.2 Å². The number of benzene rings is 1. The number of rotatable bonds is 3. The van der Waals surface area contributed by atoms with E-state index >= 15 is 0 Å². The van der Waals surface area contributed by atoms with E-state index in [4.69, 9.17) is 10.5 Å². The lowest BCUT2D eigenvalue weighted by atomic mass is 10.2. The molecule has 1 fully saturated rings. The van der Waals surface area contributed by atoms with E-state index in [0.29, 0.717) is 23.5 Å². The summed E-state index contributed by atoms with van der Waals surface area (Å²) in [6, 6.07) is 4.72. The second-order valence-corrected chi connectivity index (χ2v) is 4.24. The normalized spacial score (nSPS) is 24.6. The van der Waals surface area contributed by atoms with Crippen LogP contribution in [0.4, 0.5) is 15.8 Å². The van der Waals surface area contributed by atoms with Crippen molar-refractivity contribution >= 4 is 11.4 Å². The Morgan fingerprint density at radius 1 is 1.44 bits per heavy atom. The molecular formula is C12H17FN2O. The van der Waals surface area contributed by atoms with E-state index in [1.54, 1.807) is 13.2 Å². The Hall–Kier alpha value is -1.29. The molecule has 0 aromatic heterocycles. The predicted octanol–water partition coefficient (Wildman–Crippen LogP) is 2.39. The number of anilines is 2. The highest BCUT2D eigenvalue weighted by Crippen LogP contribution is 2.27. The minimum absolute atomic E-state index is 0.266. The molecule has 0 heterocycles. The first kappa shape index (κ1) is 11.2. The van der Waals surface area contributed by atoms with E-state index in [1.807, 2.05) is 0 Å². The van der Waals surface area contributed by atoms with Gasteiger partial charge in [0.15, 0.2) is 0 Å². The largest absolute Gasteiger partial charge is 0.397 e. The van der Waals surface area contributed by atoms with E-state index in [2.05, 4.69) is 5.32 Å². The van der Waals surface area contributed by atoms with Gasteiger partial charge in [-0.1, -0.05) is 0 Å². The zero-order chi connectivity index (χ0) is 11.5. The SMILES string of the molecule is COC1CCC(Nc2cc(F)ccc2N)C1. The molecule has 1 saturated carbocycles. The third kappa shape index (κ3) is 2.44. The second-order valence-electron chi connectivity index (χ2n) is 4.24. The summed E-state index contributed by atoms with van der Waals surface area (Å²) in [6.45, 7) is 0. The van der Waals surface area contributed by atoms with Gasteiger partial charge in [-0.2, -0.15) is 0 Å². The predicted molar refractivity (Wildman–Crippen MR) is 62.9 cm³/mol. The van der Waals surface area contributed by atoms with Crippen molar-refractivity contribution in [3.05, 3.63) is 24.0 Å². The van der Waals surface area contributed by atoms with Gasteiger partial charge in [0.2, 0.25) is 0 Å². The van der Waals surface area contributed by atoms with Gasteiger partial charge < -0.3 is 15.8 Å². The summed E-state index contributed by atoms with van der Waals surface area (Å²) in [6.07, 6.45) is 3.34. The smallest absolute Gasteiger partial charge is 0.125 e. The van der Waals surface area contributed by atoms with Crippen molar-refractivity contribution in [2.24, 2.45) is 0 Å². The van der Waals surface area contributed by atoms with Crippen LogP contribution in [0.2, 0.25) is 0 Å². The van der Waals surface area contributed by atoms with Crippen LogP contribution >= 0.6 is 0 Å². The quantitative estimate of drug-likeness (QED) is 0.775. The molecule has 4 heteroatoms. The van der Waals surface area contributed by atoms with Gasteiger partial charge >= 0.3 is 0 Å². The number of nitrogen functional groups attached to an aromatic ring is 1. The lowest BCUT2D eigenvalue weighted by Crippen LogP contribution is -2.18. The Bertz CT molecular complexity index is 370. The molecule has 2 unspecified atom stereocenters. The van der Waals surface area contributed by atoms with Gasteiger partial charge in [-0.15, -0.1) is 0 Å². The minimum Gasteiger partial charge on any atom is -0.397 e. The molecule has 0 radical (unpaired) electrons. The molecule has 16 heavy (non-hydrogen) atoms. The number of hydrogen-bond acceptors (Lipinski definition) is 3. The Morgan fingerprint density at radius 2 is 2.25 bits per heavy atom. The molecule has 3 N–H and O–H groups in total. The van der Waals surface area contributed by atoms with Gasteiger partial charge in [-0.3, -0.25) is 0 Å². The molecule has 1 aromatic carbocycles. The molecule has 0 spiro atoms. The number of ether oxygens (including phenoxy) is 1. The van der Waals surface area contributed by atoms with Gasteiger partial charge in [0.1, 0.15) is 5.82 Å². The molecule has 3 nitrogen and oxygen atoms in total. The fraction of sp³-hybridized carbons (Fsp3) is 0.500. The molecule has 0 bridgehead atoms. The van der Waals surface area contributed by atoms with Crippen LogP contribution in [0.15, 0.2) is 18.2 Å². The highest BCUT2D eigenvalue weighted by atomic mass is 19.1. The van der Waals surface area contributed by atoms with E-state index in [9.17, 15) is 4.39 Å². The third-order valence-corrected chi connectivity index (χ3v) is 3.09.